The molecule has 2 aromatic rings. The summed E-state index contributed by atoms with van der Waals surface area (Å²) in [4.78, 5) is 7.87. The van der Waals surface area contributed by atoms with E-state index in [1.54, 1.807) is 11.8 Å². The minimum Gasteiger partial charge on any atom is -0.333 e. The SMILES string of the molecule is CCNC(C)(C#N)CCCCSc1nc2ccccc2[nH]1. The molecule has 1 heterocycles. The fourth-order valence-corrected chi connectivity index (χ4v) is 3.21. The van der Waals surface area contributed by atoms with Gasteiger partial charge in [0.15, 0.2) is 5.16 Å². The number of nitrogens with zero attached hydrogens (tertiary/aromatic N) is 2. The number of H-pyrrole nitrogens is 1. The summed E-state index contributed by atoms with van der Waals surface area (Å²) >= 11 is 1.75. The van der Waals surface area contributed by atoms with Gasteiger partial charge in [-0.15, -0.1) is 0 Å². The van der Waals surface area contributed by atoms with Crippen molar-refractivity contribution in [2.75, 3.05) is 12.3 Å². The number of hydrogen-bond donors (Lipinski definition) is 2. The molecule has 0 aliphatic heterocycles. The number of fused-ring (bicyclic) bond motifs is 1. The van der Waals surface area contributed by atoms with Crippen molar-refractivity contribution in [3.63, 3.8) is 0 Å². The third kappa shape index (κ3) is 4.48. The number of thioether (sulfide) groups is 1. The Bertz CT molecular complexity index is 583. The quantitative estimate of drug-likeness (QED) is 0.576. The van der Waals surface area contributed by atoms with Gasteiger partial charge in [0.2, 0.25) is 0 Å². The zero-order valence-corrected chi connectivity index (χ0v) is 13.5. The van der Waals surface area contributed by atoms with Gasteiger partial charge in [-0.3, -0.25) is 5.32 Å². The highest BCUT2D eigenvalue weighted by molar-refractivity contribution is 7.99. The zero-order chi connectivity index (χ0) is 15.1. The smallest absolute Gasteiger partial charge is 0.166 e. The molecule has 0 saturated heterocycles. The highest BCUT2D eigenvalue weighted by Gasteiger charge is 2.21. The van der Waals surface area contributed by atoms with Crippen LogP contribution < -0.4 is 5.32 Å². The van der Waals surface area contributed by atoms with Gasteiger partial charge in [-0.1, -0.05) is 30.8 Å². The topological polar surface area (TPSA) is 64.5 Å². The first kappa shape index (κ1) is 15.9. The third-order valence-corrected chi connectivity index (χ3v) is 4.45. The van der Waals surface area contributed by atoms with Crippen LogP contribution >= 0.6 is 11.8 Å². The van der Waals surface area contributed by atoms with E-state index in [0.29, 0.717) is 0 Å². The van der Waals surface area contributed by atoms with Gasteiger partial charge in [0.1, 0.15) is 5.54 Å². The predicted octanol–water partition coefficient (Wildman–Crippen LogP) is 3.72. The first-order valence-electron chi connectivity index (χ1n) is 7.41. The van der Waals surface area contributed by atoms with Gasteiger partial charge in [-0.05, 0) is 44.9 Å². The minimum atomic E-state index is -0.390. The number of aromatic amines is 1. The molecule has 0 saturated carbocycles. The fraction of sp³-hybridized carbons (Fsp3) is 0.500. The molecule has 1 aromatic carbocycles. The van der Waals surface area contributed by atoms with Crippen molar-refractivity contribution in [2.45, 2.75) is 43.8 Å². The largest absolute Gasteiger partial charge is 0.333 e. The van der Waals surface area contributed by atoms with Crippen LogP contribution in [0.3, 0.4) is 0 Å². The van der Waals surface area contributed by atoms with Crippen LogP contribution in [0.2, 0.25) is 0 Å². The van der Waals surface area contributed by atoms with Gasteiger partial charge in [-0.2, -0.15) is 5.26 Å². The lowest BCUT2D eigenvalue weighted by molar-refractivity contribution is 0.415. The van der Waals surface area contributed by atoms with Crippen LogP contribution in [-0.2, 0) is 0 Å². The highest BCUT2D eigenvalue weighted by atomic mass is 32.2. The standard InChI is InChI=1S/C16H22N4S/c1-3-18-16(2,12-17)10-6-7-11-21-15-19-13-8-4-5-9-14(13)20-15/h4-5,8-9,18H,3,6-7,10-11H2,1-2H3,(H,19,20). The van der Waals surface area contributed by atoms with Gasteiger partial charge in [-0.25, -0.2) is 4.98 Å². The molecule has 0 spiro atoms. The van der Waals surface area contributed by atoms with Crippen LogP contribution in [0.1, 0.15) is 33.1 Å². The van der Waals surface area contributed by atoms with Crippen molar-refractivity contribution < 1.29 is 0 Å². The monoisotopic (exact) mass is 302 g/mol. The number of para-hydroxylation sites is 2. The molecule has 1 aromatic heterocycles. The lowest BCUT2D eigenvalue weighted by Gasteiger charge is -2.22. The van der Waals surface area contributed by atoms with Crippen LogP contribution in [0.5, 0.6) is 0 Å². The zero-order valence-electron chi connectivity index (χ0n) is 12.6. The third-order valence-electron chi connectivity index (χ3n) is 3.49. The molecule has 4 nitrogen and oxygen atoms in total. The van der Waals surface area contributed by atoms with Crippen LogP contribution in [0.15, 0.2) is 29.4 Å². The van der Waals surface area contributed by atoms with Crippen molar-refractivity contribution in [3.8, 4) is 6.07 Å². The van der Waals surface area contributed by atoms with Crippen molar-refractivity contribution in [3.05, 3.63) is 24.3 Å². The van der Waals surface area contributed by atoms with E-state index in [9.17, 15) is 5.26 Å². The molecule has 1 atom stereocenters. The lowest BCUT2D eigenvalue weighted by atomic mass is 9.97. The molecule has 5 heteroatoms. The minimum absolute atomic E-state index is 0.390. The molecule has 0 fully saturated rings. The van der Waals surface area contributed by atoms with Crippen LogP contribution in [0.25, 0.3) is 11.0 Å². The number of aromatic nitrogens is 2. The van der Waals surface area contributed by atoms with Crippen LogP contribution in [0.4, 0.5) is 0 Å². The summed E-state index contributed by atoms with van der Waals surface area (Å²) in [5, 5.41) is 13.4. The molecule has 0 aliphatic carbocycles. The summed E-state index contributed by atoms with van der Waals surface area (Å²) in [6.07, 6.45) is 3.02. The average Bonchev–Trinajstić information content (AvgIpc) is 2.90. The summed E-state index contributed by atoms with van der Waals surface area (Å²) in [6, 6.07) is 10.4. The van der Waals surface area contributed by atoms with Crippen molar-refractivity contribution in [1.29, 1.82) is 5.26 Å². The van der Waals surface area contributed by atoms with Gasteiger partial charge in [0.25, 0.3) is 0 Å². The number of rotatable bonds is 8. The summed E-state index contributed by atoms with van der Waals surface area (Å²) < 4.78 is 0. The molecule has 2 rings (SSSR count). The Morgan fingerprint density at radius 1 is 1.38 bits per heavy atom. The Kier molecular flexibility index (Phi) is 5.66. The van der Waals surface area contributed by atoms with Gasteiger partial charge >= 0.3 is 0 Å². The number of unbranched alkanes of at least 4 members (excludes halogenated alkanes) is 1. The van der Waals surface area contributed by atoms with E-state index < -0.39 is 5.54 Å². The molecule has 0 bridgehead atoms. The molecule has 21 heavy (non-hydrogen) atoms. The first-order chi connectivity index (χ1) is 10.2. The Balaban J connectivity index is 1.73. The second kappa shape index (κ2) is 7.48. The summed E-state index contributed by atoms with van der Waals surface area (Å²) in [6.45, 7) is 4.84. The maximum atomic E-state index is 9.20. The normalized spacial score (nSPS) is 14.0. The van der Waals surface area contributed by atoms with Crippen molar-refractivity contribution >= 4 is 22.8 Å². The molecular formula is C16H22N4S. The highest BCUT2D eigenvalue weighted by Crippen LogP contribution is 2.21. The first-order valence-corrected chi connectivity index (χ1v) is 8.39. The van der Waals surface area contributed by atoms with Gasteiger partial charge in [0.05, 0.1) is 17.1 Å². The molecule has 112 valence electrons. The van der Waals surface area contributed by atoms with E-state index in [1.807, 2.05) is 38.1 Å². The fourth-order valence-electron chi connectivity index (χ4n) is 2.32. The maximum absolute atomic E-state index is 9.20. The summed E-state index contributed by atoms with van der Waals surface area (Å²) in [5.74, 6) is 1.02. The molecule has 0 amide bonds. The lowest BCUT2D eigenvalue weighted by Crippen LogP contribution is -2.40. The second-order valence-electron chi connectivity index (χ2n) is 5.34. The second-order valence-corrected chi connectivity index (χ2v) is 6.42. The number of nitriles is 1. The Hall–Kier alpha value is -1.51. The number of benzene rings is 1. The van der Waals surface area contributed by atoms with E-state index in [1.165, 1.54) is 0 Å². The predicted molar refractivity (Wildman–Crippen MR) is 88.4 cm³/mol. The molecular weight excluding hydrogens is 280 g/mol. The van der Waals surface area contributed by atoms with Crippen molar-refractivity contribution in [1.82, 2.24) is 15.3 Å². The Morgan fingerprint density at radius 2 is 2.19 bits per heavy atom. The van der Waals surface area contributed by atoms with Crippen molar-refractivity contribution in [2.24, 2.45) is 0 Å². The van der Waals surface area contributed by atoms with E-state index in [0.717, 1.165) is 47.7 Å². The number of imidazole rings is 1. The summed E-state index contributed by atoms with van der Waals surface area (Å²) in [7, 11) is 0. The summed E-state index contributed by atoms with van der Waals surface area (Å²) in [5.41, 5.74) is 1.71. The molecule has 2 N–H and O–H groups in total. The van der Waals surface area contributed by atoms with E-state index in [2.05, 4.69) is 21.4 Å². The van der Waals surface area contributed by atoms with E-state index in [4.69, 9.17) is 0 Å². The number of nitrogens with one attached hydrogen (secondary N) is 2. The van der Waals surface area contributed by atoms with Crippen LogP contribution in [0, 0.1) is 11.3 Å². The van der Waals surface area contributed by atoms with Crippen LogP contribution in [-0.4, -0.2) is 27.8 Å². The molecule has 0 radical (unpaired) electrons. The molecule has 1 unspecified atom stereocenters. The Labute approximate surface area is 130 Å². The number of hydrogen-bond acceptors (Lipinski definition) is 4. The van der Waals surface area contributed by atoms with E-state index in [-0.39, 0.29) is 0 Å². The Morgan fingerprint density at radius 3 is 2.90 bits per heavy atom. The maximum Gasteiger partial charge on any atom is 0.166 e. The van der Waals surface area contributed by atoms with E-state index >= 15 is 0 Å². The molecule has 0 aliphatic rings. The van der Waals surface area contributed by atoms with Gasteiger partial charge in [0, 0.05) is 5.75 Å². The van der Waals surface area contributed by atoms with Gasteiger partial charge < -0.3 is 4.98 Å². The average molecular weight is 302 g/mol.